The summed E-state index contributed by atoms with van der Waals surface area (Å²) in [5.41, 5.74) is -1.25. The summed E-state index contributed by atoms with van der Waals surface area (Å²) in [6.45, 7) is -1.66. The highest BCUT2D eigenvalue weighted by atomic mass is 16.5. The Kier molecular flexibility index (Phi) is 5.31. The van der Waals surface area contributed by atoms with Gasteiger partial charge in [0.05, 0.1) is 25.4 Å². The Labute approximate surface area is 70.1 Å². The molecule has 0 rings (SSSR count). The summed E-state index contributed by atoms with van der Waals surface area (Å²) in [5, 5.41) is 45.6. The minimum Gasteiger partial charge on any atom is -0.394 e. The van der Waals surface area contributed by atoms with E-state index in [9.17, 15) is 0 Å². The van der Waals surface area contributed by atoms with Crippen molar-refractivity contribution in [2.75, 3.05) is 26.4 Å². The molecule has 0 atom stereocenters. The monoisotopic (exact) mass is 181 g/mol. The van der Waals surface area contributed by atoms with Crippen LogP contribution in [0.2, 0.25) is 0 Å². The van der Waals surface area contributed by atoms with Crippen molar-refractivity contribution in [1.82, 2.24) is 5.32 Å². The van der Waals surface area contributed by atoms with Gasteiger partial charge >= 0.3 is 0 Å². The summed E-state index contributed by atoms with van der Waals surface area (Å²) in [5.74, 6) is 0. The van der Waals surface area contributed by atoms with Gasteiger partial charge in [0.25, 0.3) is 0 Å². The van der Waals surface area contributed by atoms with Crippen LogP contribution in [0.5, 0.6) is 0 Å². The Morgan fingerprint density at radius 1 is 1.00 bits per heavy atom. The van der Waals surface area contributed by atoms with Crippen molar-refractivity contribution in [2.45, 2.75) is 11.8 Å². The number of aliphatic hydroxyl groups excluding tert-OH is 4. The number of nitrogens with one attached hydrogen (secondary N) is 1. The van der Waals surface area contributed by atoms with Crippen molar-refractivity contribution >= 4 is 0 Å². The second-order valence-corrected chi connectivity index (χ2v) is 2.62. The standard InChI is InChI=1S/C6H15NO5/c8-2-6(3-9,4-10)7-1-5(11)12/h5,7-12H,1-4H2. The predicted molar refractivity (Wildman–Crippen MR) is 40.2 cm³/mol. The molecule has 0 aliphatic carbocycles. The first-order chi connectivity index (χ1) is 5.60. The molecule has 0 saturated heterocycles. The van der Waals surface area contributed by atoms with Gasteiger partial charge in [-0.25, -0.2) is 0 Å². The average molecular weight is 181 g/mol. The zero-order chi connectivity index (χ0) is 9.61. The lowest BCUT2D eigenvalue weighted by Gasteiger charge is -2.29. The summed E-state index contributed by atoms with van der Waals surface area (Å²) in [6, 6.07) is 0. The molecule has 0 radical (unpaired) electrons. The highest BCUT2D eigenvalue weighted by Gasteiger charge is 2.27. The van der Waals surface area contributed by atoms with Gasteiger partial charge in [0.15, 0.2) is 6.29 Å². The number of hydrogen-bond donors (Lipinski definition) is 6. The van der Waals surface area contributed by atoms with Gasteiger partial charge in [0, 0.05) is 6.54 Å². The Morgan fingerprint density at radius 2 is 1.42 bits per heavy atom. The summed E-state index contributed by atoms with van der Waals surface area (Å²) in [7, 11) is 0. The molecule has 0 aliphatic rings. The van der Waals surface area contributed by atoms with Gasteiger partial charge in [-0.15, -0.1) is 0 Å². The lowest BCUT2D eigenvalue weighted by Crippen LogP contribution is -2.56. The van der Waals surface area contributed by atoms with Crippen LogP contribution in [0, 0.1) is 0 Å². The highest BCUT2D eigenvalue weighted by Crippen LogP contribution is 2.00. The normalized spacial score (nSPS) is 12.5. The first-order valence-electron chi connectivity index (χ1n) is 3.54. The third-order valence-corrected chi connectivity index (χ3v) is 1.57. The van der Waals surface area contributed by atoms with Crippen LogP contribution in [-0.2, 0) is 0 Å². The van der Waals surface area contributed by atoms with Crippen LogP contribution in [-0.4, -0.2) is 63.7 Å². The molecule has 0 heterocycles. The summed E-state index contributed by atoms with van der Waals surface area (Å²) in [6.07, 6.45) is -1.57. The van der Waals surface area contributed by atoms with E-state index in [1.54, 1.807) is 0 Å². The van der Waals surface area contributed by atoms with Gasteiger partial charge in [0.1, 0.15) is 0 Å². The number of aliphatic hydroxyl groups is 5. The van der Waals surface area contributed by atoms with E-state index in [1.807, 2.05) is 0 Å². The molecule has 0 unspecified atom stereocenters. The van der Waals surface area contributed by atoms with Crippen LogP contribution < -0.4 is 5.32 Å². The molecule has 0 bridgehead atoms. The van der Waals surface area contributed by atoms with E-state index in [2.05, 4.69) is 5.32 Å². The summed E-state index contributed by atoms with van der Waals surface area (Å²) >= 11 is 0. The smallest absolute Gasteiger partial charge is 0.164 e. The Balaban J connectivity index is 3.93. The van der Waals surface area contributed by atoms with Crippen molar-refractivity contribution in [2.24, 2.45) is 0 Å². The fourth-order valence-electron chi connectivity index (χ4n) is 0.625. The minimum absolute atomic E-state index is 0.221. The first-order valence-corrected chi connectivity index (χ1v) is 3.54. The van der Waals surface area contributed by atoms with E-state index in [-0.39, 0.29) is 6.54 Å². The van der Waals surface area contributed by atoms with Crippen LogP contribution in [0.25, 0.3) is 0 Å². The molecule has 0 saturated carbocycles. The van der Waals surface area contributed by atoms with E-state index in [0.717, 1.165) is 0 Å². The van der Waals surface area contributed by atoms with Crippen molar-refractivity contribution in [3.63, 3.8) is 0 Å². The zero-order valence-corrected chi connectivity index (χ0v) is 6.64. The van der Waals surface area contributed by atoms with E-state index in [4.69, 9.17) is 25.5 Å². The Bertz CT molecular complexity index is 106. The zero-order valence-electron chi connectivity index (χ0n) is 6.64. The highest BCUT2D eigenvalue weighted by molar-refractivity contribution is 4.86. The number of rotatable bonds is 6. The second kappa shape index (κ2) is 5.41. The van der Waals surface area contributed by atoms with Gasteiger partial charge in [-0.05, 0) is 0 Å². The van der Waals surface area contributed by atoms with Crippen LogP contribution in [0.4, 0.5) is 0 Å². The molecule has 0 aromatic heterocycles. The summed E-state index contributed by atoms with van der Waals surface area (Å²) < 4.78 is 0. The number of β-amino-alcohol motifs (C(OH)–C–C–N with tert-alkyl or cyclic N) is 2. The minimum atomic E-state index is -1.57. The lowest BCUT2D eigenvalue weighted by molar-refractivity contribution is -0.0522. The molecule has 0 fully saturated rings. The first kappa shape index (κ1) is 11.8. The fourth-order valence-corrected chi connectivity index (χ4v) is 0.625. The molecule has 0 amide bonds. The maximum absolute atomic E-state index is 8.74. The van der Waals surface area contributed by atoms with Gasteiger partial charge in [-0.1, -0.05) is 0 Å². The third-order valence-electron chi connectivity index (χ3n) is 1.57. The van der Waals surface area contributed by atoms with E-state index in [1.165, 1.54) is 0 Å². The van der Waals surface area contributed by atoms with Crippen LogP contribution in [0.15, 0.2) is 0 Å². The van der Waals surface area contributed by atoms with E-state index >= 15 is 0 Å². The topological polar surface area (TPSA) is 113 Å². The van der Waals surface area contributed by atoms with Gasteiger partial charge in [-0.3, -0.25) is 0 Å². The molecule has 0 spiro atoms. The van der Waals surface area contributed by atoms with E-state index < -0.39 is 31.6 Å². The number of hydrogen-bond acceptors (Lipinski definition) is 6. The van der Waals surface area contributed by atoms with Crippen LogP contribution >= 0.6 is 0 Å². The second-order valence-electron chi connectivity index (χ2n) is 2.62. The van der Waals surface area contributed by atoms with Crippen LogP contribution in [0.1, 0.15) is 0 Å². The fraction of sp³-hybridized carbons (Fsp3) is 1.00. The molecular weight excluding hydrogens is 166 g/mol. The summed E-state index contributed by atoms with van der Waals surface area (Å²) in [4.78, 5) is 0. The van der Waals surface area contributed by atoms with Crippen molar-refractivity contribution < 1.29 is 25.5 Å². The molecule has 0 aromatic rings. The third kappa shape index (κ3) is 3.44. The lowest BCUT2D eigenvalue weighted by atomic mass is 10.0. The molecule has 6 nitrogen and oxygen atoms in total. The van der Waals surface area contributed by atoms with Gasteiger partial charge in [0.2, 0.25) is 0 Å². The maximum Gasteiger partial charge on any atom is 0.164 e. The van der Waals surface area contributed by atoms with Gasteiger partial charge in [-0.2, -0.15) is 0 Å². The molecule has 12 heavy (non-hydrogen) atoms. The predicted octanol–water partition coefficient (Wildman–Crippen LogP) is -3.40. The SMILES string of the molecule is OCC(CO)(CO)NCC(O)O. The van der Waals surface area contributed by atoms with Crippen molar-refractivity contribution in [3.05, 3.63) is 0 Å². The van der Waals surface area contributed by atoms with Gasteiger partial charge < -0.3 is 30.8 Å². The van der Waals surface area contributed by atoms with E-state index in [0.29, 0.717) is 0 Å². The van der Waals surface area contributed by atoms with Crippen molar-refractivity contribution in [3.8, 4) is 0 Å². The largest absolute Gasteiger partial charge is 0.394 e. The molecule has 6 heteroatoms. The maximum atomic E-state index is 8.74. The molecule has 0 aliphatic heterocycles. The molecular formula is C6H15NO5. The molecule has 0 aromatic carbocycles. The Morgan fingerprint density at radius 3 is 1.67 bits per heavy atom. The van der Waals surface area contributed by atoms with Crippen molar-refractivity contribution in [1.29, 1.82) is 0 Å². The Hall–Kier alpha value is -0.240. The molecule has 6 N–H and O–H groups in total. The molecule has 74 valence electrons. The average Bonchev–Trinajstić information content (AvgIpc) is 2.08. The van der Waals surface area contributed by atoms with Crippen LogP contribution in [0.3, 0.4) is 0 Å². The quantitative estimate of drug-likeness (QED) is 0.238.